The lowest BCUT2D eigenvalue weighted by Crippen LogP contribution is -2.24. The van der Waals surface area contributed by atoms with Crippen molar-refractivity contribution in [1.29, 1.82) is 0 Å². The van der Waals surface area contributed by atoms with Crippen molar-refractivity contribution < 1.29 is 14.3 Å². The number of halogens is 2. The molecule has 0 saturated heterocycles. The third kappa shape index (κ3) is 3.61. The number of hydrogen-bond acceptors (Lipinski definition) is 4. The predicted molar refractivity (Wildman–Crippen MR) is 118 cm³/mol. The molecule has 2 saturated carbocycles. The monoisotopic (exact) mass is 457 g/mol. The Balaban J connectivity index is 1.32. The van der Waals surface area contributed by atoms with Crippen LogP contribution >= 0.6 is 11.6 Å². The molecule has 1 aromatic carbocycles. The number of hydrogen-bond donors (Lipinski definition) is 2. The van der Waals surface area contributed by atoms with E-state index in [0.29, 0.717) is 36.1 Å². The Kier molecular flexibility index (Phi) is 5.09. The molecule has 9 heteroatoms. The molecular weight excluding hydrogens is 433 g/mol. The Hall–Kier alpha value is -2.71. The number of benzene rings is 1. The Morgan fingerprint density at radius 1 is 1.25 bits per heavy atom. The zero-order valence-corrected chi connectivity index (χ0v) is 18.7. The van der Waals surface area contributed by atoms with Gasteiger partial charge in [0, 0.05) is 31.9 Å². The lowest BCUT2D eigenvalue weighted by Gasteiger charge is -2.22. The molecular formula is C23H25ClFN5O2. The van der Waals surface area contributed by atoms with Crippen molar-refractivity contribution in [3.8, 4) is 0 Å². The number of nitrogens with one attached hydrogen (secondary N) is 1. The second kappa shape index (κ2) is 7.71. The van der Waals surface area contributed by atoms with Gasteiger partial charge in [0.1, 0.15) is 17.1 Å². The van der Waals surface area contributed by atoms with Crippen LogP contribution in [0.3, 0.4) is 0 Å². The molecule has 2 fully saturated rings. The van der Waals surface area contributed by atoms with Crippen LogP contribution in [0.1, 0.15) is 53.5 Å². The van der Waals surface area contributed by atoms with Gasteiger partial charge in [-0.25, -0.2) is 9.37 Å². The summed E-state index contributed by atoms with van der Waals surface area (Å²) in [7, 11) is 3.64. The summed E-state index contributed by atoms with van der Waals surface area (Å²) in [5.41, 5.74) is 1.55. The number of carbonyl (C=O) groups is 1. The molecule has 32 heavy (non-hydrogen) atoms. The number of aryl methyl sites for hydroxylation is 2. The molecule has 1 amide bonds. The second-order valence-corrected chi connectivity index (χ2v) is 9.58. The van der Waals surface area contributed by atoms with Crippen molar-refractivity contribution in [2.24, 2.45) is 25.9 Å². The van der Waals surface area contributed by atoms with Crippen LogP contribution in [-0.4, -0.2) is 30.3 Å². The molecule has 2 aromatic heterocycles. The molecule has 3 aromatic rings. The molecule has 2 aliphatic rings. The third-order valence-corrected chi connectivity index (χ3v) is 7.27. The lowest BCUT2D eigenvalue weighted by molar-refractivity contribution is 0.0295. The van der Waals surface area contributed by atoms with Crippen molar-refractivity contribution in [3.05, 3.63) is 64.7 Å². The minimum absolute atomic E-state index is 0.0444. The van der Waals surface area contributed by atoms with Crippen molar-refractivity contribution >= 4 is 23.2 Å². The van der Waals surface area contributed by atoms with Crippen LogP contribution in [0.25, 0.3) is 0 Å². The predicted octanol–water partition coefficient (Wildman–Crippen LogP) is 3.99. The highest BCUT2D eigenvalue weighted by atomic mass is 35.5. The summed E-state index contributed by atoms with van der Waals surface area (Å²) < 4.78 is 16.9. The van der Waals surface area contributed by atoms with Crippen molar-refractivity contribution in [1.82, 2.24) is 19.3 Å². The van der Waals surface area contributed by atoms with Crippen LogP contribution in [0.5, 0.6) is 0 Å². The lowest BCUT2D eigenvalue weighted by atomic mass is 9.90. The molecule has 0 bridgehead atoms. The van der Waals surface area contributed by atoms with E-state index < -0.39 is 11.4 Å². The first-order valence-corrected chi connectivity index (χ1v) is 11.1. The number of amides is 1. The highest BCUT2D eigenvalue weighted by Crippen LogP contribution is 2.56. The van der Waals surface area contributed by atoms with Crippen LogP contribution in [0.4, 0.5) is 10.1 Å². The van der Waals surface area contributed by atoms with Gasteiger partial charge in [-0.3, -0.25) is 9.48 Å². The molecule has 7 nitrogen and oxygen atoms in total. The van der Waals surface area contributed by atoms with Gasteiger partial charge in [-0.2, -0.15) is 5.10 Å². The van der Waals surface area contributed by atoms with Gasteiger partial charge in [-0.05, 0) is 61.8 Å². The van der Waals surface area contributed by atoms with E-state index in [1.807, 2.05) is 19.3 Å². The third-order valence-electron chi connectivity index (χ3n) is 6.98. The fraction of sp³-hybridized carbons (Fsp3) is 0.435. The highest BCUT2D eigenvalue weighted by molar-refractivity contribution is 6.31. The first-order chi connectivity index (χ1) is 15.2. The van der Waals surface area contributed by atoms with E-state index >= 15 is 0 Å². The van der Waals surface area contributed by atoms with Gasteiger partial charge in [-0.1, -0.05) is 11.6 Å². The summed E-state index contributed by atoms with van der Waals surface area (Å²) in [4.78, 5) is 17.6. The fourth-order valence-electron chi connectivity index (χ4n) is 5.55. The number of aromatic nitrogens is 4. The smallest absolute Gasteiger partial charge is 0.274 e. The molecule has 0 radical (unpaired) electrons. The van der Waals surface area contributed by atoms with E-state index in [0.717, 1.165) is 24.2 Å². The minimum atomic E-state index is -0.881. The molecule has 2 N–H and O–H groups in total. The van der Waals surface area contributed by atoms with Crippen LogP contribution < -0.4 is 5.32 Å². The summed E-state index contributed by atoms with van der Waals surface area (Å²) >= 11 is 5.84. The molecule has 5 rings (SSSR count). The molecule has 2 heterocycles. The first kappa shape index (κ1) is 21.2. The Bertz CT molecular complexity index is 1180. The number of nitrogens with zero attached hydrogens (tertiary/aromatic N) is 4. The van der Waals surface area contributed by atoms with Crippen molar-refractivity contribution in [2.45, 2.75) is 37.2 Å². The summed E-state index contributed by atoms with van der Waals surface area (Å²) in [6.45, 7) is 0. The SMILES string of the molecule is Cn1ccc(C2(O)CC3CC(c4ncn(C)c4C(=O)Nc4ccc(F)c(Cl)c4)CC3C2)n1. The number of rotatable bonds is 4. The van der Waals surface area contributed by atoms with Crippen LogP contribution in [0.15, 0.2) is 36.8 Å². The normalized spacial score (nSPS) is 27.0. The summed E-state index contributed by atoms with van der Waals surface area (Å²) in [5, 5.41) is 18.4. The Morgan fingerprint density at radius 2 is 1.97 bits per heavy atom. The quantitative estimate of drug-likeness (QED) is 0.620. The van der Waals surface area contributed by atoms with Gasteiger partial charge >= 0.3 is 0 Å². The van der Waals surface area contributed by atoms with E-state index in [-0.39, 0.29) is 16.8 Å². The van der Waals surface area contributed by atoms with Crippen LogP contribution in [0.2, 0.25) is 5.02 Å². The van der Waals surface area contributed by atoms with Crippen LogP contribution in [-0.2, 0) is 19.7 Å². The van der Waals surface area contributed by atoms with Crippen molar-refractivity contribution in [3.63, 3.8) is 0 Å². The molecule has 2 aliphatic carbocycles. The summed E-state index contributed by atoms with van der Waals surface area (Å²) in [6.07, 6.45) is 6.61. The Morgan fingerprint density at radius 3 is 2.59 bits per heavy atom. The number of carbonyl (C=O) groups excluding carboxylic acids is 1. The molecule has 2 atom stereocenters. The maximum atomic E-state index is 13.4. The van der Waals surface area contributed by atoms with Crippen molar-refractivity contribution in [2.75, 3.05) is 5.32 Å². The Labute approximate surface area is 190 Å². The summed E-state index contributed by atoms with van der Waals surface area (Å²) in [5.74, 6) is 0.0393. The van der Waals surface area contributed by atoms with E-state index in [4.69, 9.17) is 11.6 Å². The standard InChI is InChI=1S/C23H25ClFN5O2/c1-29-12-26-20(21(29)22(31)27-16-3-4-18(25)17(24)9-16)13-7-14-10-23(32,11-15(14)8-13)19-5-6-30(2)28-19/h3-6,9,12-15,32H,7-8,10-11H2,1-2H3,(H,27,31). The average Bonchev–Trinajstić information content (AvgIpc) is 3.48. The number of aliphatic hydroxyl groups is 1. The number of anilines is 1. The average molecular weight is 458 g/mol. The first-order valence-electron chi connectivity index (χ1n) is 10.7. The number of fused-ring (bicyclic) bond motifs is 1. The highest BCUT2D eigenvalue weighted by Gasteiger charge is 2.51. The summed E-state index contributed by atoms with van der Waals surface area (Å²) in [6, 6.07) is 5.99. The largest absolute Gasteiger partial charge is 0.383 e. The fourth-order valence-corrected chi connectivity index (χ4v) is 5.73. The maximum absolute atomic E-state index is 13.4. The van der Waals surface area contributed by atoms with E-state index in [2.05, 4.69) is 15.4 Å². The molecule has 0 spiro atoms. The molecule has 2 unspecified atom stereocenters. The maximum Gasteiger partial charge on any atom is 0.274 e. The van der Waals surface area contributed by atoms with Gasteiger partial charge in [0.2, 0.25) is 0 Å². The van der Waals surface area contributed by atoms with Gasteiger partial charge in [0.25, 0.3) is 5.91 Å². The zero-order valence-electron chi connectivity index (χ0n) is 17.9. The minimum Gasteiger partial charge on any atom is -0.383 e. The molecule has 168 valence electrons. The van der Waals surface area contributed by atoms with Gasteiger partial charge in [-0.15, -0.1) is 0 Å². The molecule has 0 aliphatic heterocycles. The van der Waals surface area contributed by atoms with E-state index in [9.17, 15) is 14.3 Å². The van der Waals surface area contributed by atoms with Gasteiger partial charge in [0.15, 0.2) is 0 Å². The van der Waals surface area contributed by atoms with Gasteiger partial charge < -0.3 is 15.0 Å². The second-order valence-electron chi connectivity index (χ2n) is 9.18. The number of imidazole rings is 1. The van der Waals surface area contributed by atoms with Crippen LogP contribution in [0, 0.1) is 17.7 Å². The van der Waals surface area contributed by atoms with E-state index in [1.54, 1.807) is 22.6 Å². The topological polar surface area (TPSA) is 85.0 Å². The van der Waals surface area contributed by atoms with E-state index in [1.165, 1.54) is 18.2 Å². The van der Waals surface area contributed by atoms with Gasteiger partial charge in [0.05, 0.1) is 22.7 Å². The zero-order chi connectivity index (χ0) is 22.6.